The normalized spacial score (nSPS) is 13.3. The van der Waals surface area contributed by atoms with Crippen LogP contribution in [0, 0.1) is 5.92 Å². The van der Waals surface area contributed by atoms with E-state index in [2.05, 4.69) is 9.97 Å². The van der Waals surface area contributed by atoms with Crippen LogP contribution in [0.1, 0.15) is 19.7 Å². The van der Waals surface area contributed by atoms with E-state index in [1.807, 2.05) is 6.92 Å². The summed E-state index contributed by atoms with van der Waals surface area (Å²) in [7, 11) is 0. The van der Waals surface area contributed by atoms with Gasteiger partial charge >= 0.3 is 6.18 Å². The van der Waals surface area contributed by atoms with Gasteiger partial charge in [-0.2, -0.15) is 13.2 Å². The predicted octanol–water partition coefficient (Wildman–Crippen LogP) is 4.00. The summed E-state index contributed by atoms with van der Waals surface area (Å²) in [5.41, 5.74) is 0.287. The van der Waals surface area contributed by atoms with Gasteiger partial charge in [0.1, 0.15) is 5.82 Å². The molecule has 1 aromatic carbocycles. The highest BCUT2D eigenvalue weighted by Crippen LogP contribution is 2.29. The Hall–Kier alpha value is -2.35. The fraction of sp³-hybridized carbons (Fsp3) is 0.353. The van der Waals surface area contributed by atoms with Gasteiger partial charge in [-0.15, -0.1) is 0 Å². The molecule has 9 heteroatoms. The number of rotatable bonds is 4. The molecule has 0 N–H and O–H groups in total. The van der Waals surface area contributed by atoms with E-state index >= 15 is 0 Å². The van der Waals surface area contributed by atoms with Crippen molar-refractivity contribution >= 4 is 22.8 Å². The average molecular weight is 385 g/mol. The van der Waals surface area contributed by atoms with E-state index < -0.39 is 24.1 Å². The van der Waals surface area contributed by atoms with Gasteiger partial charge in [-0.05, 0) is 31.2 Å². The van der Waals surface area contributed by atoms with E-state index in [-0.39, 0.29) is 17.0 Å². The molecule has 0 spiro atoms. The van der Waals surface area contributed by atoms with Gasteiger partial charge in [-0.1, -0.05) is 18.5 Å². The van der Waals surface area contributed by atoms with Gasteiger partial charge in [0.05, 0.1) is 17.9 Å². The zero-order valence-corrected chi connectivity index (χ0v) is 14.8. The number of aryl methyl sites for hydroxylation is 1. The Morgan fingerprint density at radius 1 is 1.23 bits per heavy atom. The molecule has 0 radical (unpaired) electrons. The lowest BCUT2D eigenvalue weighted by molar-refractivity contribution is -0.169. The van der Waals surface area contributed by atoms with Crippen molar-refractivity contribution in [3.05, 3.63) is 51.8 Å². The summed E-state index contributed by atoms with van der Waals surface area (Å²) >= 11 is 5.87. The number of halogens is 4. The minimum Gasteiger partial charge on any atom is -0.315 e. The number of hydrogen-bond donors (Lipinski definition) is 0. The molecule has 0 aliphatic carbocycles. The van der Waals surface area contributed by atoms with Crippen molar-refractivity contribution < 1.29 is 13.2 Å². The van der Waals surface area contributed by atoms with Gasteiger partial charge in [0.25, 0.3) is 5.56 Å². The minimum absolute atomic E-state index is 0.0323. The van der Waals surface area contributed by atoms with E-state index in [9.17, 15) is 18.0 Å². The van der Waals surface area contributed by atoms with Crippen LogP contribution in [-0.2, 0) is 13.0 Å². The van der Waals surface area contributed by atoms with E-state index in [4.69, 9.17) is 11.6 Å². The quantitative estimate of drug-likeness (QED) is 0.683. The molecule has 26 heavy (non-hydrogen) atoms. The third-order valence-corrected chi connectivity index (χ3v) is 4.43. The maximum Gasteiger partial charge on any atom is 0.391 e. The van der Waals surface area contributed by atoms with Crippen molar-refractivity contribution in [2.75, 3.05) is 0 Å². The van der Waals surface area contributed by atoms with Crippen LogP contribution >= 0.6 is 11.6 Å². The Morgan fingerprint density at radius 3 is 2.46 bits per heavy atom. The molecule has 0 fully saturated rings. The first-order valence-corrected chi connectivity index (χ1v) is 8.39. The molecule has 5 nitrogen and oxygen atoms in total. The third-order valence-electron chi connectivity index (χ3n) is 4.18. The second kappa shape index (κ2) is 6.75. The number of imidazole rings is 1. The molecule has 3 rings (SSSR count). The molecule has 1 atom stereocenters. The summed E-state index contributed by atoms with van der Waals surface area (Å²) < 4.78 is 42.0. The average Bonchev–Trinajstić information content (AvgIpc) is 2.99. The van der Waals surface area contributed by atoms with Gasteiger partial charge in [0.15, 0.2) is 11.2 Å². The lowest BCUT2D eigenvalue weighted by Crippen LogP contribution is -2.29. The molecule has 0 saturated carbocycles. The molecule has 0 bridgehead atoms. The monoisotopic (exact) mass is 384 g/mol. The molecule has 0 aliphatic rings. The van der Waals surface area contributed by atoms with Crippen molar-refractivity contribution in [2.24, 2.45) is 5.92 Å². The van der Waals surface area contributed by atoms with Crippen molar-refractivity contribution in [1.82, 2.24) is 19.1 Å². The van der Waals surface area contributed by atoms with Crippen molar-refractivity contribution in [1.29, 1.82) is 0 Å². The first-order valence-electron chi connectivity index (χ1n) is 8.01. The lowest BCUT2D eigenvalue weighted by atomic mass is 10.1. The zero-order valence-electron chi connectivity index (χ0n) is 14.1. The van der Waals surface area contributed by atoms with Crippen LogP contribution < -0.4 is 5.56 Å². The topological polar surface area (TPSA) is 52.7 Å². The number of fused-ring (bicyclic) bond motifs is 1. The number of aromatic nitrogens is 4. The molecular weight excluding hydrogens is 369 g/mol. The van der Waals surface area contributed by atoms with Crippen molar-refractivity contribution in [3.63, 3.8) is 0 Å². The van der Waals surface area contributed by atoms with Crippen LogP contribution in [0.25, 0.3) is 16.9 Å². The van der Waals surface area contributed by atoms with Crippen molar-refractivity contribution in [2.45, 2.75) is 33.0 Å². The summed E-state index contributed by atoms with van der Waals surface area (Å²) in [5, 5.41) is 0.455. The summed E-state index contributed by atoms with van der Waals surface area (Å²) in [6.07, 6.45) is -3.35. The fourth-order valence-corrected chi connectivity index (χ4v) is 2.78. The SMILES string of the molecule is CCn1cnc2c(=O)n(-c3ccc(Cl)cc3)c(CC(C)C(F)(F)F)nc21. The number of benzene rings is 1. The lowest BCUT2D eigenvalue weighted by Gasteiger charge is -2.18. The zero-order chi connectivity index (χ0) is 19.1. The van der Waals surface area contributed by atoms with Crippen molar-refractivity contribution in [3.8, 4) is 5.69 Å². The molecular formula is C17H16ClF3N4O. The second-order valence-electron chi connectivity index (χ2n) is 5.99. The van der Waals surface area contributed by atoms with E-state index in [1.54, 1.807) is 28.8 Å². The Kier molecular flexibility index (Phi) is 4.79. The predicted molar refractivity (Wildman–Crippen MR) is 92.7 cm³/mol. The summed E-state index contributed by atoms with van der Waals surface area (Å²) in [6.45, 7) is 3.41. The van der Waals surface area contributed by atoms with Gasteiger partial charge in [-0.3, -0.25) is 9.36 Å². The first kappa shape index (κ1) is 18.4. The second-order valence-corrected chi connectivity index (χ2v) is 6.43. The van der Waals surface area contributed by atoms with Crippen LogP contribution in [0.4, 0.5) is 13.2 Å². The molecule has 0 saturated heterocycles. The highest BCUT2D eigenvalue weighted by Gasteiger charge is 2.37. The number of alkyl halides is 3. The van der Waals surface area contributed by atoms with Crippen LogP contribution in [-0.4, -0.2) is 25.3 Å². The molecule has 0 aliphatic heterocycles. The van der Waals surface area contributed by atoms with E-state index in [0.29, 0.717) is 17.3 Å². The molecule has 2 heterocycles. The largest absolute Gasteiger partial charge is 0.391 e. The first-order chi connectivity index (χ1) is 12.2. The van der Waals surface area contributed by atoms with Crippen LogP contribution in [0.5, 0.6) is 0 Å². The molecule has 3 aromatic rings. The summed E-state index contributed by atoms with van der Waals surface area (Å²) in [5.74, 6) is -1.62. The fourth-order valence-electron chi connectivity index (χ4n) is 2.65. The molecule has 2 aromatic heterocycles. The smallest absolute Gasteiger partial charge is 0.315 e. The Labute approximate surface area is 152 Å². The Morgan fingerprint density at radius 2 is 1.88 bits per heavy atom. The third kappa shape index (κ3) is 3.33. The molecule has 0 amide bonds. The highest BCUT2D eigenvalue weighted by molar-refractivity contribution is 6.30. The molecule has 1 unspecified atom stereocenters. The maximum absolute atomic E-state index is 13.1. The van der Waals surface area contributed by atoms with Crippen LogP contribution in [0.15, 0.2) is 35.4 Å². The number of hydrogen-bond acceptors (Lipinski definition) is 3. The maximum atomic E-state index is 13.1. The molecule has 138 valence electrons. The number of nitrogens with zero attached hydrogens (tertiary/aromatic N) is 4. The Bertz CT molecular complexity index is 992. The van der Waals surface area contributed by atoms with E-state index in [1.165, 1.54) is 10.9 Å². The minimum atomic E-state index is -4.39. The summed E-state index contributed by atoms with van der Waals surface area (Å²) in [4.78, 5) is 21.4. The summed E-state index contributed by atoms with van der Waals surface area (Å²) in [6, 6.07) is 6.26. The van der Waals surface area contributed by atoms with Crippen LogP contribution in [0.3, 0.4) is 0 Å². The van der Waals surface area contributed by atoms with Gasteiger partial charge in [-0.25, -0.2) is 9.97 Å². The Balaban J connectivity index is 2.26. The van der Waals surface area contributed by atoms with Crippen LogP contribution in [0.2, 0.25) is 5.02 Å². The van der Waals surface area contributed by atoms with E-state index in [0.717, 1.165) is 6.92 Å². The van der Waals surface area contributed by atoms with Gasteiger partial charge in [0, 0.05) is 18.0 Å². The standard InChI is InChI=1S/C17H16ClF3N4O/c1-3-24-9-22-14-15(24)23-13(8-10(2)17(19,20)21)25(16(14)26)12-6-4-11(18)5-7-12/h4-7,9-10H,3,8H2,1-2H3. The van der Waals surface area contributed by atoms with Gasteiger partial charge in [0.2, 0.25) is 0 Å². The van der Waals surface area contributed by atoms with Gasteiger partial charge < -0.3 is 4.57 Å². The highest BCUT2D eigenvalue weighted by atomic mass is 35.5.